The Morgan fingerprint density at radius 1 is 1.35 bits per heavy atom. The third-order valence-corrected chi connectivity index (χ3v) is 3.71. The van der Waals surface area contributed by atoms with Crippen LogP contribution in [0.3, 0.4) is 0 Å². The van der Waals surface area contributed by atoms with Gasteiger partial charge in [0, 0.05) is 6.04 Å². The summed E-state index contributed by atoms with van der Waals surface area (Å²) < 4.78 is 18.1. The fourth-order valence-electron chi connectivity index (χ4n) is 2.66. The second-order valence-electron chi connectivity index (χ2n) is 5.59. The highest BCUT2D eigenvalue weighted by Gasteiger charge is 2.20. The molecular formula is C16H22FNO2. The lowest BCUT2D eigenvalue weighted by Crippen LogP contribution is -2.38. The van der Waals surface area contributed by atoms with Crippen LogP contribution in [0.2, 0.25) is 0 Å². The molecule has 2 rings (SSSR count). The van der Waals surface area contributed by atoms with Crippen molar-refractivity contribution in [3.8, 4) is 5.75 Å². The fourth-order valence-corrected chi connectivity index (χ4v) is 2.66. The molecule has 1 aromatic carbocycles. The highest BCUT2D eigenvalue weighted by Crippen LogP contribution is 2.23. The summed E-state index contributed by atoms with van der Waals surface area (Å²) in [7, 11) is 0. The van der Waals surface area contributed by atoms with E-state index in [0.717, 1.165) is 12.8 Å². The molecule has 1 amide bonds. The molecule has 0 aromatic heterocycles. The molecule has 3 nitrogen and oxygen atoms in total. The average Bonchev–Trinajstić information content (AvgIpc) is 2.41. The first-order chi connectivity index (χ1) is 9.63. The van der Waals surface area contributed by atoms with Crippen LogP contribution in [0.1, 0.15) is 39.0 Å². The molecule has 4 heteroatoms. The Labute approximate surface area is 119 Å². The van der Waals surface area contributed by atoms with Crippen LogP contribution in [0.15, 0.2) is 24.3 Å². The van der Waals surface area contributed by atoms with Crippen LogP contribution in [0.25, 0.3) is 0 Å². The molecule has 0 aliphatic heterocycles. The van der Waals surface area contributed by atoms with Gasteiger partial charge in [0.15, 0.2) is 0 Å². The molecule has 1 aliphatic rings. The van der Waals surface area contributed by atoms with Gasteiger partial charge < -0.3 is 10.1 Å². The van der Waals surface area contributed by atoms with Crippen molar-refractivity contribution in [2.24, 2.45) is 5.92 Å². The molecule has 0 spiro atoms. The Bertz CT molecular complexity index is 433. The van der Waals surface area contributed by atoms with Crippen molar-refractivity contribution in [1.29, 1.82) is 0 Å². The van der Waals surface area contributed by atoms with E-state index < -0.39 is 0 Å². The summed E-state index contributed by atoms with van der Waals surface area (Å²) in [6.45, 7) is 2.55. The van der Waals surface area contributed by atoms with Gasteiger partial charge in [-0.05, 0) is 43.0 Å². The van der Waals surface area contributed by atoms with E-state index in [4.69, 9.17) is 4.74 Å². The minimum absolute atomic E-state index is 0.0335. The first kappa shape index (κ1) is 14.8. The van der Waals surface area contributed by atoms with Crippen LogP contribution >= 0.6 is 0 Å². The maximum atomic E-state index is 12.7. The predicted molar refractivity (Wildman–Crippen MR) is 76.1 cm³/mol. The van der Waals surface area contributed by atoms with Gasteiger partial charge in [0.05, 0.1) is 13.0 Å². The Balaban J connectivity index is 1.66. The number of hydrogen-bond acceptors (Lipinski definition) is 2. The number of carbonyl (C=O) groups is 1. The van der Waals surface area contributed by atoms with Crippen LogP contribution in [-0.2, 0) is 4.79 Å². The Kier molecular flexibility index (Phi) is 5.39. The summed E-state index contributed by atoms with van der Waals surface area (Å²) in [5.41, 5.74) is 0. The zero-order valence-electron chi connectivity index (χ0n) is 11.9. The molecule has 0 heterocycles. The molecular weight excluding hydrogens is 257 g/mol. The van der Waals surface area contributed by atoms with Gasteiger partial charge in [0.25, 0.3) is 0 Å². The van der Waals surface area contributed by atoms with Crippen LogP contribution in [0, 0.1) is 11.7 Å². The minimum Gasteiger partial charge on any atom is -0.493 e. The number of hydrogen-bond donors (Lipinski definition) is 1. The van der Waals surface area contributed by atoms with E-state index >= 15 is 0 Å². The largest absolute Gasteiger partial charge is 0.493 e. The number of benzene rings is 1. The fraction of sp³-hybridized carbons (Fsp3) is 0.562. The highest BCUT2D eigenvalue weighted by atomic mass is 19.1. The Morgan fingerprint density at radius 2 is 2.10 bits per heavy atom. The number of ether oxygens (including phenoxy) is 1. The van der Waals surface area contributed by atoms with Gasteiger partial charge >= 0.3 is 0 Å². The quantitative estimate of drug-likeness (QED) is 0.898. The Hall–Kier alpha value is -1.58. The zero-order chi connectivity index (χ0) is 14.4. The molecule has 2 unspecified atom stereocenters. The first-order valence-electron chi connectivity index (χ1n) is 7.31. The van der Waals surface area contributed by atoms with Gasteiger partial charge in [-0.25, -0.2) is 4.39 Å². The van der Waals surface area contributed by atoms with Crippen molar-refractivity contribution < 1.29 is 13.9 Å². The minimum atomic E-state index is -0.290. The summed E-state index contributed by atoms with van der Waals surface area (Å²) in [5.74, 6) is 1.03. The van der Waals surface area contributed by atoms with Gasteiger partial charge in [0.2, 0.25) is 5.91 Å². The number of rotatable bonds is 5. The first-order valence-corrected chi connectivity index (χ1v) is 7.31. The maximum Gasteiger partial charge on any atom is 0.223 e. The maximum absolute atomic E-state index is 12.7. The summed E-state index contributed by atoms with van der Waals surface area (Å²) in [5, 5.41) is 3.07. The van der Waals surface area contributed by atoms with Crippen LogP contribution in [-0.4, -0.2) is 18.6 Å². The summed E-state index contributed by atoms with van der Waals surface area (Å²) in [6.07, 6.45) is 4.94. The molecule has 1 N–H and O–H groups in total. The third kappa shape index (κ3) is 4.83. The monoisotopic (exact) mass is 279 g/mol. The normalized spacial score (nSPS) is 22.3. The van der Waals surface area contributed by atoms with Crippen LogP contribution < -0.4 is 10.1 Å². The van der Waals surface area contributed by atoms with Crippen molar-refractivity contribution in [1.82, 2.24) is 5.32 Å². The molecule has 0 saturated heterocycles. The van der Waals surface area contributed by atoms with E-state index in [0.29, 0.717) is 30.7 Å². The molecule has 1 aromatic rings. The summed E-state index contributed by atoms with van der Waals surface area (Å²) in [4.78, 5) is 11.8. The summed E-state index contributed by atoms with van der Waals surface area (Å²) in [6, 6.07) is 6.14. The second-order valence-corrected chi connectivity index (χ2v) is 5.59. The lowest BCUT2D eigenvalue weighted by atomic mass is 9.87. The SMILES string of the molecule is CC1CCCC(NC(=O)CCOc2ccc(F)cc2)C1. The van der Waals surface area contributed by atoms with Gasteiger partial charge in [-0.2, -0.15) is 0 Å². The van der Waals surface area contributed by atoms with Gasteiger partial charge in [-0.15, -0.1) is 0 Å². The number of nitrogens with one attached hydrogen (secondary N) is 1. The van der Waals surface area contributed by atoms with Gasteiger partial charge in [-0.1, -0.05) is 19.8 Å². The van der Waals surface area contributed by atoms with Crippen molar-refractivity contribution in [3.63, 3.8) is 0 Å². The van der Waals surface area contributed by atoms with Crippen molar-refractivity contribution in [2.75, 3.05) is 6.61 Å². The van der Waals surface area contributed by atoms with Gasteiger partial charge in [-0.3, -0.25) is 4.79 Å². The molecule has 0 radical (unpaired) electrons. The van der Waals surface area contributed by atoms with Crippen molar-refractivity contribution in [3.05, 3.63) is 30.1 Å². The molecule has 1 aliphatic carbocycles. The average molecular weight is 279 g/mol. The highest BCUT2D eigenvalue weighted by molar-refractivity contribution is 5.76. The van der Waals surface area contributed by atoms with Crippen molar-refractivity contribution in [2.45, 2.75) is 45.1 Å². The van der Waals surface area contributed by atoms with Crippen LogP contribution in [0.4, 0.5) is 4.39 Å². The zero-order valence-corrected chi connectivity index (χ0v) is 11.9. The smallest absolute Gasteiger partial charge is 0.223 e. The van der Waals surface area contributed by atoms with Crippen molar-refractivity contribution >= 4 is 5.91 Å². The number of halogens is 1. The van der Waals surface area contributed by atoms with E-state index in [1.54, 1.807) is 12.1 Å². The predicted octanol–water partition coefficient (Wildman–Crippen LogP) is 3.29. The van der Waals surface area contributed by atoms with Crippen LogP contribution in [0.5, 0.6) is 5.75 Å². The molecule has 20 heavy (non-hydrogen) atoms. The van der Waals surface area contributed by atoms with E-state index in [-0.39, 0.29) is 11.7 Å². The lowest BCUT2D eigenvalue weighted by molar-refractivity contribution is -0.122. The lowest BCUT2D eigenvalue weighted by Gasteiger charge is -2.27. The third-order valence-electron chi connectivity index (χ3n) is 3.71. The molecule has 110 valence electrons. The standard InChI is InChI=1S/C16H22FNO2/c1-12-3-2-4-14(11-12)18-16(19)9-10-20-15-7-5-13(17)6-8-15/h5-8,12,14H,2-4,9-11H2,1H3,(H,18,19). The number of carbonyl (C=O) groups excluding carboxylic acids is 1. The van der Waals surface area contributed by atoms with Gasteiger partial charge in [0.1, 0.15) is 11.6 Å². The van der Waals surface area contributed by atoms with E-state index in [9.17, 15) is 9.18 Å². The Morgan fingerprint density at radius 3 is 2.80 bits per heavy atom. The molecule has 1 fully saturated rings. The van der Waals surface area contributed by atoms with E-state index in [2.05, 4.69) is 12.2 Å². The molecule has 0 bridgehead atoms. The summed E-state index contributed by atoms with van der Waals surface area (Å²) >= 11 is 0. The second kappa shape index (κ2) is 7.27. The molecule has 1 saturated carbocycles. The number of amides is 1. The van der Waals surface area contributed by atoms with E-state index in [1.807, 2.05) is 0 Å². The van der Waals surface area contributed by atoms with E-state index in [1.165, 1.54) is 25.0 Å². The molecule has 2 atom stereocenters. The topological polar surface area (TPSA) is 38.3 Å².